The Kier molecular flexibility index (Phi) is 2.56. The summed E-state index contributed by atoms with van der Waals surface area (Å²) in [6, 6.07) is 0. The van der Waals surface area contributed by atoms with E-state index in [9.17, 15) is 0 Å². The van der Waals surface area contributed by atoms with Gasteiger partial charge in [0, 0.05) is 5.92 Å². The number of aromatic nitrogens is 1. The molecule has 1 aromatic heterocycles. The summed E-state index contributed by atoms with van der Waals surface area (Å²) in [5, 5.41) is 3.59. The maximum Gasteiger partial charge on any atom is 0.292 e. The fraction of sp³-hybridized carbons (Fsp3) is 0.667. The molecular formula is C9H13ClN2O. The van der Waals surface area contributed by atoms with Crippen LogP contribution >= 0.6 is 11.6 Å². The Morgan fingerprint density at radius 3 is 2.69 bits per heavy atom. The predicted octanol–water partition coefficient (Wildman–Crippen LogP) is 2.10. The van der Waals surface area contributed by atoms with Gasteiger partial charge in [0.1, 0.15) is 5.76 Å². The molecule has 4 heteroatoms. The Labute approximate surface area is 82.5 Å². The van der Waals surface area contributed by atoms with Crippen molar-refractivity contribution in [2.75, 3.05) is 13.1 Å². The molecule has 2 rings (SSSR count). The third-order valence-corrected chi connectivity index (χ3v) is 2.68. The van der Waals surface area contributed by atoms with Gasteiger partial charge in [0.2, 0.25) is 0 Å². The summed E-state index contributed by atoms with van der Waals surface area (Å²) in [6.07, 6.45) is 2.23. The number of nitrogens with one attached hydrogen (secondary N) is 1. The first-order valence-electron chi connectivity index (χ1n) is 4.61. The monoisotopic (exact) mass is 200 g/mol. The number of nitrogens with zero attached hydrogens (tertiary/aromatic N) is 1. The minimum Gasteiger partial charge on any atom is -0.432 e. The van der Waals surface area contributed by atoms with E-state index in [4.69, 9.17) is 16.0 Å². The molecule has 2 heterocycles. The Morgan fingerprint density at radius 2 is 2.15 bits per heavy atom. The Morgan fingerprint density at radius 1 is 1.46 bits per heavy atom. The molecule has 0 saturated carbocycles. The van der Waals surface area contributed by atoms with Crippen LogP contribution in [0.4, 0.5) is 0 Å². The van der Waals surface area contributed by atoms with Gasteiger partial charge in [0.25, 0.3) is 5.35 Å². The van der Waals surface area contributed by atoms with Gasteiger partial charge in [-0.25, -0.2) is 4.98 Å². The van der Waals surface area contributed by atoms with Crippen LogP contribution in [-0.2, 0) is 0 Å². The maximum atomic E-state index is 5.69. The summed E-state index contributed by atoms with van der Waals surface area (Å²) in [5.74, 6) is 1.48. The Hall–Kier alpha value is -0.540. The number of hydrogen-bond acceptors (Lipinski definition) is 3. The third kappa shape index (κ3) is 1.86. The molecule has 0 aliphatic carbocycles. The minimum atomic E-state index is 0.269. The van der Waals surface area contributed by atoms with Gasteiger partial charge in [-0.1, -0.05) is 0 Å². The minimum absolute atomic E-state index is 0.269. The molecule has 3 nitrogen and oxygen atoms in total. The van der Waals surface area contributed by atoms with Crippen molar-refractivity contribution >= 4 is 11.6 Å². The molecule has 1 fully saturated rings. The van der Waals surface area contributed by atoms with Gasteiger partial charge in [-0.2, -0.15) is 0 Å². The summed E-state index contributed by atoms with van der Waals surface area (Å²) in [7, 11) is 0. The maximum absolute atomic E-state index is 5.69. The van der Waals surface area contributed by atoms with Crippen LogP contribution in [-0.4, -0.2) is 18.1 Å². The van der Waals surface area contributed by atoms with Gasteiger partial charge in [-0.15, -0.1) is 0 Å². The van der Waals surface area contributed by atoms with Crippen molar-refractivity contribution in [2.24, 2.45) is 0 Å². The van der Waals surface area contributed by atoms with Crippen molar-refractivity contribution in [1.82, 2.24) is 10.3 Å². The number of rotatable bonds is 1. The van der Waals surface area contributed by atoms with E-state index in [0.717, 1.165) is 37.4 Å². The molecule has 1 N–H and O–H groups in total. The van der Waals surface area contributed by atoms with Crippen molar-refractivity contribution in [3.63, 3.8) is 0 Å². The standard InChI is InChI=1S/C9H13ClN2O/c1-6-8(13-9(10)12-6)7-2-4-11-5-3-7/h7,11H,2-5H2,1H3. The molecule has 13 heavy (non-hydrogen) atoms. The molecule has 0 amide bonds. The first-order chi connectivity index (χ1) is 6.27. The van der Waals surface area contributed by atoms with E-state index >= 15 is 0 Å². The van der Waals surface area contributed by atoms with Crippen LogP contribution in [0.1, 0.15) is 30.2 Å². The van der Waals surface area contributed by atoms with Crippen LogP contribution in [0, 0.1) is 6.92 Å². The second kappa shape index (κ2) is 3.68. The number of aryl methyl sites for hydroxylation is 1. The lowest BCUT2D eigenvalue weighted by atomic mass is 9.94. The first kappa shape index (κ1) is 9.03. The van der Waals surface area contributed by atoms with Crippen molar-refractivity contribution in [2.45, 2.75) is 25.7 Å². The quantitative estimate of drug-likeness (QED) is 0.755. The van der Waals surface area contributed by atoms with E-state index in [1.807, 2.05) is 6.92 Å². The number of halogens is 1. The largest absolute Gasteiger partial charge is 0.432 e. The molecule has 1 saturated heterocycles. The zero-order valence-electron chi connectivity index (χ0n) is 7.64. The number of hydrogen-bond donors (Lipinski definition) is 1. The summed E-state index contributed by atoms with van der Waals surface area (Å²) < 4.78 is 5.38. The molecule has 1 aromatic rings. The molecule has 1 aliphatic heterocycles. The summed E-state index contributed by atoms with van der Waals surface area (Å²) in [6.45, 7) is 4.07. The second-order valence-corrected chi connectivity index (χ2v) is 3.76. The lowest BCUT2D eigenvalue weighted by Gasteiger charge is -2.20. The predicted molar refractivity (Wildman–Crippen MR) is 51.1 cm³/mol. The average Bonchev–Trinajstić information content (AvgIpc) is 2.47. The van der Waals surface area contributed by atoms with Gasteiger partial charge in [-0.05, 0) is 44.5 Å². The van der Waals surface area contributed by atoms with Crippen LogP contribution in [0.3, 0.4) is 0 Å². The van der Waals surface area contributed by atoms with Gasteiger partial charge in [-0.3, -0.25) is 0 Å². The smallest absolute Gasteiger partial charge is 0.292 e. The highest BCUT2D eigenvalue weighted by molar-refractivity contribution is 6.27. The highest BCUT2D eigenvalue weighted by atomic mass is 35.5. The summed E-state index contributed by atoms with van der Waals surface area (Å²) in [5.41, 5.74) is 0.942. The van der Waals surface area contributed by atoms with Crippen LogP contribution < -0.4 is 5.32 Å². The van der Waals surface area contributed by atoms with Crippen LogP contribution in [0.25, 0.3) is 0 Å². The Balaban J connectivity index is 2.18. The molecule has 0 atom stereocenters. The summed E-state index contributed by atoms with van der Waals surface area (Å²) >= 11 is 5.69. The highest BCUT2D eigenvalue weighted by Gasteiger charge is 2.21. The highest BCUT2D eigenvalue weighted by Crippen LogP contribution is 2.29. The van der Waals surface area contributed by atoms with Crippen LogP contribution in [0.2, 0.25) is 5.35 Å². The summed E-state index contributed by atoms with van der Waals surface area (Å²) in [4.78, 5) is 4.06. The van der Waals surface area contributed by atoms with E-state index in [2.05, 4.69) is 10.3 Å². The zero-order chi connectivity index (χ0) is 9.26. The average molecular weight is 201 g/mol. The van der Waals surface area contributed by atoms with Gasteiger partial charge >= 0.3 is 0 Å². The molecule has 0 unspecified atom stereocenters. The molecule has 0 spiro atoms. The molecule has 0 radical (unpaired) electrons. The SMILES string of the molecule is Cc1nc(Cl)oc1C1CCNCC1. The van der Waals surface area contributed by atoms with E-state index in [0.29, 0.717) is 5.92 Å². The van der Waals surface area contributed by atoms with Crippen LogP contribution in [0.5, 0.6) is 0 Å². The topological polar surface area (TPSA) is 38.1 Å². The van der Waals surface area contributed by atoms with Crippen molar-refractivity contribution in [3.8, 4) is 0 Å². The molecular weight excluding hydrogens is 188 g/mol. The van der Waals surface area contributed by atoms with Crippen molar-refractivity contribution in [1.29, 1.82) is 0 Å². The van der Waals surface area contributed by atoms with Crippen molar-refractivity contribution in [3.05, 3.63) is 16.8 Å². The molecule has 1 aliphatic rings. The van der Waals surface area contributed by atoms with E-state index in [1.54, 1.807) is 0 Å². The van der Waals surface area contributed by atoms with E-state index < -0.39 is 0 Å². The van der Waals surface area contributed by atoms with Gasteiger partial charge in [0.15, 0.2) is 0 Å². The molecule has 72 valence electrons. The van der Waals surface area contributed by atoms with Crippen molar-refractivity contribution < 1.29 is 4.42 Å². The molecule has 0 bridgehead atoms. The second-order valence-electron chi connectivity index (χ2n) is 3.44. The lowest BCUT2D eigenvalue weighted by molar-refractivity contribution is 0.384. The normalized spacial score (nSPS) is 19.2. The number of oxazole rings is 1. The fourth-order valence-electron chi connectivity index (χ4n) is 1.84. The third-order valence-electron chi connectivity index (χ3n) is 2.52. The lowest BCUT2D eigenvalue weighted by Crippen LogP contribution is -2.26. The van der Waals surface area contributed by atoms with Gasteiger partial charge < -0.3 is 9.73 Å². The van der Waals surface area contributed by atoms with Gasteiger partial charge in [0.05, 0.1) is 5.69 Å². The first-order valence-corrected chi connectivity index (χ1v) is 4.98. The Bertz CT molecular complexity index is 292. The zero-order valence-corrected chi connectivity index (χ0v) is 8.40. The van der Waals surface area contributed by atoms with Crippen LogP contribution in [0.15, 0.2) is 4.42 Å². The fourth-order valence-corrected chi connectivity index (χ4v) is 2.05. The number of piperidine rings is 1. The molecule has 0 aromatic carbocycles. The van der Waals surface area contributed by atoms with E-state index in [-0.39, 0.29) is 5.35 Å². The van der Waals surface area contributed by atoms with E-state index in [1.165, 1.54) is 0 Å².